The first-order chi connectivity index (χ1) is 12.0. The average Bonchev–Trinajstić information content (AvgIpc) is 2.57. The lowest BCUT2D eigenvalue weighted by Gasteiger charge is -2.10. The van der Waals surface area contributed by atoms with Crippen molar-refractivity contribution in [1.29, 1.82) is 0 Å². The number of nitrogens with one attached hydrogen (secondary N) is 2. The molecule has 0 spiro atoms. The number of halogens is 1. The maximum absolute atomic E-state index is 12.2. The molecular formula is C18H16ClN3O3. The number of amides is 1. The molecule has 2 aromatic carbocycles. The number of nitrogens with zero attached hydrogens (tertiary/aromatic N) is 1. The highest BCUT2D eigenvalue weighted by Crippen LogP contribution is 2.22. The van der Waals surface area contributed by atoms with E-state index < -0.39 is 11.2 Å². The van der Waals surface area contributed by atoms with E-state index in [4.69, 9.17) is 11.6 Å². The van der Waals surface area contributed by atoms with Gasteiger partial charge >= 0.3 is 5.69 Å². The molecule has 0 atom stereocenters. The molecule has 2 N–H and O–H groups in total. The normalized spacial score (nSPS) is 10.8. The summed E-state index contributed by atoms with van der Waals surface area (Å²) < 4.78 is 1.38. The monoisotopic (exact) mass is 357 g/mol. The predicted octanol–water partition coefficient (Wildman–Crippen LogP) is 2.68. The molecule has 0 radical (unpaired) electrons. The Labute approximate surface area is 148 Å². The van der Waals surface area contributed by atoms with Crippen LogP contribution in [0.5, 0.6) is 0 Å². The van der Waals surface area contributed by atoms with Gasteiger partial charge in [0.25, 0.3) is 5.56 Å². The van der Waals surface area contributed by atoms with Gasteiger partial charge in [-0.2, -0.15) is 0 Å². The topological polar surface area (TPSA) is 84.0 Å². The molecule has 0 aliphatic rings. The van der Waals surface area contributed by atoms with E-state index in [2.05, 4.69) is 10.3 Å². The van der Waals surface area contributed by atoms with Crippen molar-refractivity contribution in [2.75, 3.05) is 5.32 Å². The van der Waals surface area contributed by atoms with Gasteiger partial charge in [-0.15, -0.1) is 0 Å². The number of rotatable bonds is 4. The third kappa shape index (κ3) is 3.64. The number of aromatic nitrogens is 2. The number of anilines is 1. The Morgan fingerprint density at radius 2 is 1.96 bits per heavy atom. The summed E-state index contributed by atoms with van der Waals surface area (Å²) in [6.45, 7) is 2.05. The average molecular weight is 358 g/mol. The molecule has 0 saturated carbocycles. The molecule has 0 fully saturated rings. The number of hydrogen-bond acceptors (Lipinski definition) is 3. The number of carbonyl (C=O) groups is 1. The Balaban J connectivity index is 1.80. The Morgan fingerprint density at radius 3 is 2.72 bits per heavy atom. The Hall–Kier alpha value is -2.86. The summed E-state index contributed by atoms with van der Waals surface area (Å²) in [4.78, 5) is 38.4. The third-order valence-electron chi connectivity index (χ3n) is 3.87. The zero-order valence-electron chi connectivity index (χ0n) is 13.5. The number of H-pyrrole nitrogens is 1. The van der Waals surface area contributed by atoms with Gasteiger partial charge in [0.2, 0.25) is 5.91 Å². The number of fused-ring (bicyclic) bond motifs is 1. The minimum atomic E-state index is -0.537. The number of carbonyl (C=O) groups excluding carboxylic acids is 1. The zero-order valence-corrected chi connectivity index (χ0v) is 14.3. The second-order valence-corrected chi connectivity index (χ2v) is 6.12. The number of para-hydroxylation sites is 1. The van der Waals surface area contributed by atoms with Crippen LogP contribution in [-0.4, -0.2) is 15.5 Å². The van der Waals surface area contributed by atoms with Crippen molar-refractivity contribution in [1.82, 2.24) is 9.55 Å². The Kier molecular flexibility index (Phi) is 4.72. The van der Waals surface area contributed by atoms with Crippen LogP contribution >= 0.6 is 11.6 Å². The summed E-state index contributed by atoms with van der Waals surface area (Å²) in [6, 6.07) is 12.1. The minimum Gasteiger partial charge on any atom is -0.325 e. The molecule has 0 unspecified atom stereocenters. The number of hydrogen-bond donors (Lipinski definition) is 2. The van der Waals surface area contributed by atoms with Crippen LogP contribution in [0, 0.1) is 6.92 Å². The summed E-state index contributed by atoms with van der Waals surface area (Å²) in [5, 5.41) is 3.59. The van der Waals surface area contributed by atoms with E-state index in [1.54, 1.807) is 36.4 Å². The second kappa shape index (κ2) is 6.94. The van der Waals surface area contributed by atoms with Crippen molar-refractivity contribution in [2.45, 2.75) is 19.9 Å². The molecule has 128 valence electrons. The molecular weight excluding hydrogens is 342 g/mol. The van der Waals surface area contributed by atoms with Gasteiger partial charge in [-0.1, -0.05) is 29.8 Å². The number of aryl methyl sites for hydroxylation is 2. The van der Waals surface area contributed by atoms with E-state index in [1.807, 2.05) is 13.0 Å². The lowest BCUT2D eigenvalue weighted by Crippen LogP contribution is -2.31. The largest absolute Gasteiger partial charge is 0.328 e. The molecule has 6 nitrogen and oxygen atoms in total. The quantitative estimate of drug-likeness (QED) is 0.753. The van der Waals surface area contributed by atoms with Crippen molar-refractivity contribution in [3.05, 3.63) is 73.9 Å². The molecule has 0 saturated heterocycles. The van der Waals surface area contributed by atoms with Crippen LogP contribution in [-0.2, 0) is 11.3 Å². The van der Waals surface area contributed by atoms with Crippen molar-refractivity contribution in [3.63, 3.8) is 0 Å². The summed E-state index contributed by atoms with van der Waals surface area (Å²) in [7, 11) is 0. The van der Waals surface area contributed by atoms with Gasteiger partial charge in [0, 0.05) is 13.0 Å². The smallest absolute Gasteiger partial charge is 0.325 e. The maximum atomic E-state index is 12.2. The van der Waals surface area contributed by atoms with Crippen LogP contribution in [0.15, 0.2) is 52.1 Å². The van der Waals surface area contributed by atoms with Gasteiger partial charge in [-0.05, 0) is 36.8 Å². The van der Waals surface area contributed by atoms with E-state index >= 15 is 0 Å². The lowest BCUT2D eigenvalue weighted by atomic mass is 10.2. The van der Waals surface area contributed by atoms with Gasteiger partial charge in [0.15, 0.2) is 0 Å². The molecule has 3 aromatic rings. The van der Waals surface area contributed by atoms with E-state index in [1.165, 1.54) is 4.57 Å². The van der Waals surface area contributed by atoms with Gasteiger partial charge in [0.1, 0.15) is 0 Å². The first kappa shape index (κ1) is 17.0. The summed E-state index contributed by atoms with van der Waals surface area (Å²) in [6.07, 6.45) is 0.0696. The highest BCUT2D eigenvalue weighted by atomic mass is 35.5. The SMILES string of the molecule is Cc1ccc(NC(=O)CCn2c(=O)[nH]c(=O)c3ccccc32)c(Cl)c1. The van der Waals surface area contributed by atoms with Crippen LogP contribution in [0.4, 0.5) is 5.69 Å². The van der Waals surface area contributed by atoms with Crippen LogP contribution in [0.2, 0.25) is 5.02 Å². The van der Waals surface area contributed by atoms with E-state index in [9.17, 15) is 14.4 Å². The molecule has 25 heavy (non-hydrogen) atoms. The van der Waals surface area contributed by atoms with E-state index in [-0.39, 0.29) is 18.9 Å². The second-order valence-electron chi connectivity index (χ2n) is 5.71. The highest BCUT2D eigenvalue weighted by Gasteiger charge is 2.10. The van der Waals surface area contributed by atoms with Crippen LogP contribution in [0.25, 0.3) is 10.9 Å². The zero-order chi connectivity index (χ0) is 18.0. The van der Waals surface area contributed by atoms with Crippen LogP contribution in [0.3, 0.4) is 0 Å². The van der Waals surface area contributed by atoms with Gasteiger partial charge in [0.05, 0.1) is 21.6 Å². The summed E-state index contributed by atoms with van der Waals surface area (Å²) in [5.41, 5.74) is 1.04. The molecule has 1 heterocycles. The lowest BCUT2D eigenvalue weighted by molar-refractivity contribution is -0.116. The fourth-order valence-electron chi connectivity index (χ4n) is 2.61. The first-order valence-corrected chi connectivity index (χ1v) is 8.11. The predicted molar refractivity (Wildman–Crippen MR) is 98.3 cm³/mol. The van der Waals surface area contributed by atoms with Crippen LogP contribution < -0.4 is 16.6 Å². The summed E-state index contributed by atoms with van der Waals surface area (Å²) in [5.74, 6) is -0.270. The van der Waals surface area contributed by atoms with Gasteiger partial charge in [-0.3, -0.25) is 19.1 Å². The molecule has 0 bridgehead atoms. The van der Waals surface area contributed by atoms with E-state index in [0.29, 0.717) is 21.6 Å². The first-order valence-electron chi connectivity index (χ1n) is 7.73. The fourth-order valence-corrected chi connectivity index (χ4v) is 2.89. The number of benzene rings is 2. The van der Waals surface area contributed by atoms with Crippen molar-refractivity contribution >= 4 is 34.1 Å². The van der Waals surface area contributed by atoms with Gasteiger partial charge < -0.3 is 5.32 Å². The minimum absolute atomic E-state index is 0.0696. The van der Waals surface area contributed by atoms with Crippen LogP contribution in [0.1, 0.15) is 12.0 Å². The van der Waals surface area contributed by atoms with Crippen molar-refractivity contribution in [2.24, 2.45) is 0 Å². The van der Waals surface area contributed by atoms with Crippen molar-refractivity contribution in [3.8, 4) is 0 Å². The third-order valence-corrected chi connectivity index (χ3v) is 4.18. The van der Waals surface area contributed by atoms with E-state index in [0.717, 1.165) is 5.56 Å². The number of aromatic amines is 1. The summed E-state index contributed by atoms with van der Waals surface area (Å²) >= 11 is 6.10. The molecule has 3 rings (SSSR count). The molecule has 0 aliphatic carbocycles. The van der Waals surface area contributed by atoms with Crippen molar-refractivity contribution < 1.29 is 4.79 Å². The van der Waals surface area contributed by atoms with Gasteiger partial charge in [-0.25, -0.2) is 4.79 Å². The Bertz CT molecular complexity index is 1070. The maximum Gasteiger partial charge on any atom is 0.328 e. The highest BCUT2D eigenvalue weighted by molar-refractivity contribution is 6.33. The fraction of sp³-hybridized carbons (Fsp3) is 0.167. The molecule has 0 aliphatic heterocycles. The Morgan fingerprint density at radius 1 is 1.20 bits per heavy atom. The molecule has 1 aromatic heterocycles. The molecule has 7 heteroatoms. The molecule has 1 amide bonds. The standard InChI is InChI=1S/C18H16ClN3O3/c1-11-6-7-14(13(19)10-11)20-16(23)8-9-22-15-5-3-2-4-12(15)17(24)21-18(22)25/h2-7,10H,8-9H2,1H3,(H,20,23)(H,21,24,25).